The normalized spacial score (nSPS) is 18.6. The molecular formula is C21H24N2O2. The molecule has 1 fully saturated rings. The quantitative estimate of drug-likeness (QED) is 0.882. The van der Waals surface area contributed by atoms with Crippen molar-refractivity contribution in [2.24, 2.45) is 11.8 Å². The summed E-state index contributed by atoms with van der Waals surface area (Å²) in [6.07, 6.45) is 0.604. The van der Waals surface area contributed by atoms with Crippen LogP contribution in [0.4, 0.5) is 11.4 Å². The number of nitrogens with one attached hydrogen (secondary N) is 2. The summed E-state index contributed by atoms with van der Waals surface area (Å²) in [5, 5.41) is 5.90. The number of amides is 2. The van der Waals surface area contributed by atoms with Crippen LogP contribution >= 0.6 is 0 Å². The number of rotatable bonds is 4. The van der Waals surface area contributed by atoms with Crippen LogP contribution in [0.3, 0.4) is 0 Å². The minimum Gasteiger partial charge on any atom is -0.326 e. The lowest BCUT2D eigenvalue weighted by molar-refractivity contribution is -0.122. The van der Waals surface area contributed by atoms with Crippen molar-refractivity contribution in [3.8, 4) is 0 Å². The Morgan fingerprint density at radius 2 is 1.48 bits per heavy atom. The van der Waals surface area contributed by atoms with E-state index in [0.29, 0.717) is 6.42 Å². The molecule has 3 rings (SSSR count). The molecule has 0 aliphatic heterocycles. The summed E-state index contributed by atoms with van der Waals surface area (Å²) < 4.78 is 0. The molecule has 2 aromatic rings. The lowest BCUT2D eigenvalue weighted by Crippen LogP contribution is -2.21. The number of anilines is 2. The van der Waals surface area contributed by atoms with E-state index in [0.717, 1.165) is 33.6 Å². The summed E-state index contributed by atoms with van der Waals surface area (Å²) in [4.78, 5) is 24.8. The SMILES string of the molecule is Cc1cc(C)cc(NC(=O)C2CC2C(=O)Nc2cccc(C)c2C)c1. The van der Waals surface area contributed by atoms with Crippen LogP contribution in [0.1, 0.15) is 28.7 Å². The molecule has 1 saturated carbocycles. The van der Waals surface area contributed by atoms with Gasteiger partial charge in [0.15, 0.2) is 0 Å². The molecule has 4 nitrogen and oxygen atoms in total. The van der Waals surface area contributed by atoms with Crippen molar-refractivity contribution in [1.82, 2.24) is 0 Å². The summed E-state index contributed by atoms with van der Waals surface area (Å²) in [6.45, 7) is 8.00. The lowest BCUT2D eigenvalue weighted by atomic mass is 10.1. The largest absolute Gasteiger partial charge is 0.326 e. The summed E-state index contributed by atoms with van der Waals surface area (Å²) in [7, 11) is 0. The van der Waals surface area contributed by atoms with Crippen molar-refractivity contribution in [3.63, 3.8) is 0 Å². The third-order valence-electron chi connectivity index (χ3n) is 4.82. The van der Waals surface area contributed by atoms with Crippen LogP contribution in [-0.2, 0) is 9.59 Å². The lowest BCUT2D eigenvalue weighted by Gasteiger charge is -2.10. The van der Waals surface area contributed by atoms with Gasteiger partial charge in [-0.05, 0) is 74.6 Å². The van der Waals surface area contributed by atoms with E-state index in [1.807, 2.05) is 58.0 Å². The molecule has 0 aromatic heterocycles. The maximum atomic E-state index is 12.4. The van der Waals surface area contributed by atoms with E-state index in [4.69, 9.17) is 0 Å². The highest BCUT2D eigenvalue weighted by Gasteiger charge is 2.48. The van der Waals surface area contributed by atoms with E-state index in [9.17, 15) is 9.59 Å². The number of aryl methyl sites for hydroxylation is 3. The predicted octanol–water partition coefficient (Wildman–Crippen LogP) is 4.13. The van der Waals surface area contributed by atoms with Gasteiger partial charge in [-0.3, -0.25) is 9.59 Å². The molecule has 0 saturated heterocycles. The Hall–Kier alpha value is -2.62. The number of benzene rings is 2. The Labute approximate surface area is 148 Å². The van der Waals surface area contributed by atoms with Gasteiger partial charge in [0.25, 0.3) is 0 Å². The average Bonchev–Trinajstić information content (AvgIpc) is 3.31. The van der Waals surface area contributed by atoms with Crippen LogP contribution in [0.25, 0.3) is 0 Å². The molecule has 2 unspecified atom stereocenters. The van der Waals surface area contributed by atoms with Gasteiger partial charge in [-0.25, -0.2) is 0 Å². The van der Waals surface area contributed by atoms with Gasteiger partial charge in [0.2, 0.25) is 11.8 Å². The first-order chi connectivity index (χ1) is 11.8. The molecule has 2 aromatic carbocycles. The van der Waals surface area contributed by atoms with Crippen LogP contribution in [0.2, 0.25) is 0 Å². The van der Waals surface area contributed by atoms with Crippen LogP contribution in [-0.4, -0.2) is 11.8 Å². The standard InChI is InChI=1S/C21H24N2O2/c1-12-8-13(2)10-16(9-12)22-20(24)17-11-18(17)21(25)23-19-7-5-6-14(3)15(19)4/h5-10,17-18H,11H2,1-4H3,(H,22,24)(H,23,25). The van der Waals surface area contributed by atoms with E-state index in [1.54, 1.807) is 0 Å². The van der Waals surface area contributed by atoms with E-state index in [1.165, 1.54) is 0 Å². The molecule has 1 aliphatic rings. The summed E-state index contributed by atoms with van der Waals surface area (Å²) in [6, 6.07) is 11.8. The van der Waals surface area contributed by atoms with E-state index in [-0.39, 0.29) is 23.7 Å². The van der Waals surface area contributed by atoms with Crippen molar-refractivity contribution in [2.45, 2.75) is 34.1 Å². The fourth-order valence-corrected chi connectivity index (χ4v) is 3.17. The summed E-state index contributed by atoms with van der Waals surface area (Å²) in [5.74, 6) is -0.642. The summed E-state index contributed by atoms with van der Waals surface area (Å²) >= 11 is 0. The fourth-order valence-electron chi connectivity index (χ4n) is 3.17. The molecule has 25 heavy (non-hydrogen) atoms. The smallest absolute Gasteiger partial charge is 0.228 e. The van der Waals surface area contributed by atoms with Gasteiger partial charge in [0, 0.05) is 11.4 Å². The molecule has 0 bridgehead atoms. The monoisotopic (exact) mass is 336 g/mol. The van der Waals surface area contributed by atoms with Gasteiger partial charge in [0.05, 0.1) is 11.8 Å². The number of carbonyl (C=O) groups excluding carboxylic acids is 2. The van der Waals surface area contributed by atoms with Crippen molar-refractivity contribution < 1.29 is 9.59 Å². The number of hydrogen-bond acceptors (Lipinski definition) is 2. The van der Waals surface area contributed by atoms with Crippen molar-refractivity contribution in [2.75, 3.05) is 10.6 Å². The van der Waals surface area contributed by atoms with E-state index >= 15 is 0 Å². The second kappa shape index (κ2) is 6.71. The van der Waals surface area contributed by atoms with E-state index < -0.39 is 0 Å². The third kappa shape index (κ3) is 3.90. The van der Waals surface area contributed by atoms with Gasteiger partial charge in [-0.2, -0.15) is 0 Å². The average molecular weight is 336 g/mol. The molecule has 0 spiro atoms. The highest BCUT2D eigenvalue weighted by atomic mass is 16.2. The first kappa shape index (κ1) is 17.2. The van der Waals surface area contributed by atoms with Crippen LogP contribution in [0.15, 0.2) is 36.4 Å². The molecule has 0 radical (unpaired) electrons. The zero-order valence-corrected chi connectivity index (χ0v) is 15.1. The van der Waals surface area contributed by atoms with Gasteiger partial charge in [0.1, 0.15) is 0 Å². The van der Waals surface area contributed by atoms with Crippen LogP contribution in [0.5, 0.6) is 0 Å². The maximum Gasteiger partial charge on any atom is 0.228 e. The molecule has 2 N–H and O–H groups in total. The molecular weight excluding hydrogens is 312 g/mol. The molecule has 130 valence electrons. The highest BCUT2D eigenvalue weighted by molar-refractivity contribution is 6.03. The van der Waals surface area contributed by atoms with Gasteiger partial charge < -0.3 is 10.6 Å². The molecule has 0 heterocycles. The van der Waals surface area contributed by atoms with Gasteiger partial charge in [-0.15, -0.1) is 0 Å². The Balaban J connectivity index is 1.60. The Kier molecular flexibility index (Phi) is 4.62. The molecule has 1 aliphatic carbocycles. The van der Waals surface area contributed by atoms with Crippen LogP contribution in [0, 0.1) is 39.5 Å². The molecule has 2 amide bonds. The minimum atomic E-state index is -0.245. The Morgan fingerprint density at radius 3 is 2.12 bits per heavy atom. The predicted molar refractivity (Wildman–Crippen MR) is 101 cm³/mol. The second-order valence-corrected chi connectivity index (χ2v) is 7.05. The van der Waals surface area contributed by atoms with Gasteiger partial charge >= 0.3 is 0 Å². The van der Waals surface area contributed by atoms with Crippen molar-refractivity contribution >= 4 is 23.2 Å². The second-order valence-electron chi connectivity index (χ2n) is 7.05. The van der Waals surface area contributed by atoms with Gasteiger partial charge in [-0.1, -0.05) is 18.2 Å². The first-order valence-electron chi connectivity index (χ1n) is 8.61. The summed E-state index contributed by atoms with van der Waals surface area (Å²) in [5.41, 5.74) is 6.03. The van der Waals surface area contributed by atoms with Crippen LogP contribution < -0.4 is 10.6 Å². The number of hydrogen-bond donors (Lipinski definition) is 2. The maximum absolute atomic E-state index is 12.4. The third-order valence-corrected chi connectivity index (χ3v) is 4.82. The minimum absolute atomic E-state index is 0.0747. The first-order valence-corrected chi connectivity index (χ1v) is 8.61. The zero-order valence-electron chi connectivity index (χ0n) is 15.1. The Morgan fingerprint density at radius 1 is 0.880 bits per heavy atom. The van der Waals surface area contributed by atoms with E-state index in [2.05, 4.69) is 16.7 Å². The number of carbonyl (C=O) groups is 2. The van der Waals surface area contributed by atoms with Crippen molar-refractivity contribution in [3.05, 3.63) is 58.7 Å². The molecule has 4 heteroatoms. The van der Waals surface area contributed by atoms with Crippen molar-refractivity contribution in [1.29, 1.82) is 0 Å². The highest BCUT2D eigenvalue weighted by Crippen LogP contribution is 2.40. The molecule has 2 atom stereocenters. The fraction of sp³-hybridized carbons (Fsp3) is 0.333. The zero-order chi connectivity index (χ0) is 18.1. The topological polar surface area (TPSA) is 58.2 Å². The Bertz CT molecular complexity index is 822.